The number of hydrogen-bond donors (Lipinski definition) is 2. The van der Waals surface area contributed by atoms with E-state index in [9.17, 15) is 0 Å². The van der Waals surface area contributed by atoms with Crippen LogP contribution in [0.5, 0.6) is 5.75 Å². The Labute approximate surface area is 226 Å². The molecule has 2 heterocycles. The van der Waals surface area contributed by atoms with Gasteiger partial charge < -0.3 is 15.4 Å². The Hall–Kier alpha value is -4.20. The summed E-state index contributed by atoms with van der Waals surface area (Å²) in [6.07, 6.45) is 13.0. The van der Waals surface area contributed by atoms with Gasteiger partial charge in [-0.2, -0.15) is 5.10 Å². The minimum Gasteiger partial charge on any atom is -0.457 e. The molecule has 0 aliphatic carbocycles. The number of benzene rings is 1. The average molecular weight is 514 g/mol. The number of allylic oxidation sites excluding steroid dienone is 5. The van der Waals surface area contributed by atoms with E-state index in [0.29, 0.717) is 11.5 Å². The zero-order valence-corrected chi connectivity index (χ0v) is 23.8. The summed E-state index contributed by atoms with van der Waals surface area (Å²) in [6, 6.07) is 5.98. The van der Waals surface area contributed by atoms with Gasteiger partial charge in [-0.05, 0) is 88.4 Å². The highest BCUT2D eigenvalue weighted by Gasteiger charge is 2.19. The maximum absolute atomic E-state index is 6.28. The number of hydrogen-bond acceptors (Lipinski definition) is 8. The normalized spacial score (nSPS) is 19.5. The smallest absolute Gasteiger partial charge is 0.160 e. The van der Waals surface area contributed by atoms with E-state index in [0.717, 1.165) is 58.4 Å². The molecule has 8 heteroatoms. The first-order chi connectivity index (χ1) is 18.3. The van der Waals surface area contributed by atoms with Crippen LogP contribution in [0.15, 0.2) is 96.8 Å². The summed E-state index contributed by atoms with van der Waals surface area (Å²) in [5, 5.41) is 12.9. The molecule has 0 fully saturated rings. The molecule has 0 aromatic heterocycles. The van der Waals surface area contributed by atoms with Gasteiger partial charge in [0, 0.05) is 31.2 Å². The maximum Gasteiger partial charge on any atom is 0.160 e. The van der Waals surface area contributed by atoms with Gasteiger partial charge in [-0.15, -0.1) is 0 Å². The molecule has 0 bridgehead atoms. The molecule has 2 aliphatic rings. The van der Waals surface area contributed by atoms with Crippen LogP contribution in [0.25, 0.3) is 0 Å². The van der Waals surface area contributed by atoms with Crippen molar-refractivity contribution < 1.29 is 4.74 Å². The van der Waals surface area contributed by atoms with Crippen LogP contribution in [-0.4, -0.2) is 36.2 Å². The molecule has 8 nitrogen and oxygen atoms in total. The molecular formula is C30H39N7O. The third-order valence-electron chi connectivity index (χ3n) is 6.30. The van der Waals surface area contributed by atoms with Gasteiger partial charge in [0.15, 0.2) is 5.84 Å². The monoisotopic (exact) mass is 513 g/mol. The van der Waals surface area contributed by atoms with Gasteiger partial charge in [0.25, 0.3) is 0 Å². The lowest BCUT2D eigenvalue weighted by Crippen LogP contribution is -2.28. The maximum atomic E-state index is 6.28. The molecule has 38 heavy (non-hydrogen) atoms. The molecule has 0 atom stereocenters. The van der Waals surface area contributed by atoms with E-state index in [-0.39, 0.29) is 0 Å². The van der Waals surface area contributed by atoms with E-state index in [2.05, 4.69) is 53.4 Å². The standard InChI is InChI=1S/C30H39N7O/c1-9-20(5)26-18-24(15-16-37(26)34-12-4)38-27-14-13-23(17-22(27)7)35-30-28(25(11-3)32-19-33-30)36-29(31-8)21(6)10-2/h11-19,31H,9-10H2,1-8H3,(H,32,33,35)/b25-11+,26-20?,29-21+,34-12-,36-28+. The minimum atomic E-state index is 0.636. The van der Waals surface area contributed by atoms with E-state index in [4.69, 9.17) is 9.73 Å². The molecule has 200 valence electrons. The lowest BCUT2D eigenvalue weighted by molar-refractivity contribution is 0.419. The third-order valence-corrected chi connectivity index (χ3v) is 6.30. The van der Waals surface area contributed by atoms with Gasteiger partial charge in [-0.25, -0.2) is 20.0 Å². The SMILES string of the molecule is C/C=N\N1C=CC(Oc2ccc(NC3=NC=NC(=C/C)/C3=N\C(NC)=C(/C)CC)cc2C)=CC1=C(C)CC. The number of anilines is 1. The molecule has 0 saturated carbocycles. The molecular weight excluding hydrogens is 474 g/mol. The molecule has 1 aromatic rings. The van der Waals surface area contributed by atoms with Crippen molar-refractivity contribution in [3.8, 4) is 5.75 Å². The second kappa shape index (κ2) is 13.4. The van der Waals surface area contributed by atoms with Crippen molar-refractivity contribution >= 4 is 29.8 Å². The van der Waals surface area contributed by atoms with Crippen LogP contribution in [0, 0.1) is 6.92 Å². The fourth-order valence-electron chi connectivity index (χ4n) is 3.82. The fourth-order valence-corrected chi connectivity index (χ4v) is 3.82. The number of hydrazone groups is 1. The second-order valence-corrected chi connectivity index (χ2v) is 8.90. The van der Waals surface area contributed by atoms with E-state index < -0.39 is 0 Å². The quantitative estimate of drug-likeness (QED) is 0.373. The molecule has 0 unspecified atom stereocenters. The van der Waals surface area contributed by atoms with Gasteiger partial charge in [0.2, 0.25) is 0 Å². The number of aryl methyl sites for hydroxylation is 1. The van der Waals surface area contributed by atoms with Crippen molar-refractivity contribution in [2.24, 2.45) is 20.1 Å². The van der Waals surface area contributed by atoms with Crippen molar-refractivity contribution in [1.82, 2.24) is 10.3 Å². The number of aliphatic imine (C=N–C) groups is 3. The van der Waals surface area contributed by atoms with E-state index in [1.165, 1.54) is 5.57 Å². The van der Waals surface area contributed by atoms with Crippen LogP contribution in [-0.2, 0) is 0 Å². The molecule has 1 aromatic carbocycles. The van der Waals surface area contributed by atoms with E-state index in [1.54, 1.807) is 12.6 Å². The Balaban J connectivity index is 1.86. The van der Waals surface area contributed by atoms with Crippen molar-refractivity contribution in [3.63, 3.8) is 0 Å². The van der Waals surface area contributed by atoms with Crippen molar-refractivity contribution in [2.45, 2.75) is 61.3 Å². The number of nitrogens with one attached hydrogen (secondary N) is 2. The van der Waals surface area contributed by atoms with Gasteiger partial charge in [0.05, 0.1) is 11.4 Å². The van der Waals surface area contributed by atoms with Gasteiger partial charge in [-0.3, -0.25) is 0 Å². The highest BCUT2D eigenvalue weighted by atomic mass is 16.5. The molecule has 3 rings (SSSR count). The van der Waals surface area contributed by atoms with Gasteiger partial charge in [-0.1, -0.05) is 19.9 Å². The number of ether oxygens (including phenoxy) is 1. The van der Waals surface area contributed by atoms with E-state index in [1.807, 2.05) is 75.5 Å². The average Bonchev–Trinajstić information content (AvgIpc) is 2.93. The molecule has 0 spiro atoms. The zero-order chi connectivity index (χ0) is 27.7. The van der Waals surface area contributed by atoms with Crippen LogP contribution >= 0.6 is 0 Å². The topological polar surface area (TPSA) is 86.0 Å². The first-order valence-electron chi connectivity index (χ1n) is 13.0. The summed E-state index contributed by atoms with van der Waals surface area (Å²) < 4.78 is 6.28. The van der Waals surface area contributed by atoms with Crippen LogP contribution in [0.4, 0.5) is 5.69 Å². The molecule has 0 radical (unpaired) electrons. The van der Waals surface area contributed by atoms with Crippen LogP contribution in [0.1, 0.15) is 59.9 Å². The van der Waals surface area contributed by atoms with Crippen molar-refractivity contribution in [3.05, 3.63) is 82.3 Å². The second-order valence-electron chi connectivity index (χ2n) is 8.90. The first kappa shape index (κ1) is 28.4. The summed E-state index contributed by atoms with van der Waals surface area (Å²) in [5.74, 6) is 2.99. The number of amidine groups is 1. The summed E-state index contributed by atoms with van der Waals surface area (Å²) >= 11 is 0. The summed E-state index contributed by atoms with van der Waals surface area (Å²) in [6.45, 7) is 14.3. The predicted octanol–water partition coefficient (Wildman–Crippen LogP) is 6.83. The third kappa shape index (κ3) is 6.76. The molecule has 2 N–H and O–H groups in total. The molecule has 2 aliphatic heterocycles. The van der Waals surface area contributed by atoms with Gasteiger partial charge >= 0.3 is 0 Å². The highest BCUT2D eigenvalue weighted by molar-refractivity contribution is 6.52. The Morgan fingerprint density at radius 1 is 1.16 bits per heavy atom. The summed E-state index contributed by atoms with van der Waals surface area (Å²) in [4.78, 5) is 13.8. The predicted molar refractivity (Wildman–Crippen MR) is 161 cm³/mol. The molecule has 0 amide bonds. The largest absolute Gasteiger partial charge is 0.457 e. The van der Waals surface area contributed by atoms with Crippen LogP contribution in [0.3, 0.4) is 0 Å². The Morgan fingerprint density at radius 3 is 2.58 bits per heavy atom. The lowest BCUT2D eigenvalue weighted by atomic mass is 10.1. The summed E-state index contributed by atoms with van der Waals surface area (Å²) in [5.41, 5.74) is 6.74. The number of nitrogens with zero attached hydrogens (tertiary/aromatic N) is 5. The zero-order valence-electron chi connectivity index (χ0n) is 23.8. The minimum absolute atomic E-state index is 0.636. The Bertz CT molecular complexity index is 1320. The van der Waals surface area contributed by atoms with E-state index >= 15 is 0 Å². The first-order valence-corrected chi connectivity index (χ1v) is 13.0. The van der Waals surface area contributed by atoms with Crippen molar-refractivity contribution in [1.29, 1.82) is 0 Å². The van der Waals surface area contributed by atoms with Crippen molar-refractivity contribution in [2.75, 3.05) is 12.4 Å². The fraction of sp³-hybridized carbons (Fsp3) is 0.333. The van der Waals surface area contributed by atoms with Crippen LogP contribution < -0.4 is 15.4 Å². The summed E-state index contributed by atoms with van der Waals surface area (Å²) in [7, 11) is 1.88. The molecule has 0 saturated heterocycles. The Kier molecular flexibility index (Phi) is 9.99. The Morgan fingerprint density at radius 2 is 1.95 bits per heavy atom. The van der Waals surface area contributed by atoms with Gasteiger partial charge in [0.1, 0.15) is 29.4 Å². The van der Waals surface area contributed by atoms with Crippen LogP contribution in [0.2, 0.25) is 0 Å². The number of rotatable bonds is 8. The highest BCUT2D eigenvalue weighted by Crippen LogP contribution is 2.28. The lowest BCUT2D eigenvalue weighted by Gasteiger charge is -2.23.